The Labute approximate surface area is 129 Å². The first-order valence-corrected chi connectivity index (χ1v) is 7.16. The maximum atomic E-state index is 12.2. The molecule has 0 spiro atoms. The number of halogens is 1. The Hall–Kier alpha value is -1.95. The molecule has 0 fully saturated rings. The molecule has 3 aromatic rings. The summed E-state index contributed by atoms with van der Waals surface area (Å²) in [6.07, 6.45) is 0. The summed E-state index contributed by atoms with van der Waals surface area (Å²) in [6.45, 7) is 0. The van der Waals surface area contributed by atoms with Gasteiger partial charge in [0.05, 0.1) is 11.3 Å². The molecule has 98 valence electrons. The lowest BCUT2D eigenvalue weighted by atomic mass is 10.0. The number of carbonyl (C=O) groups excluding carboxylic acids is 2. The number of para-hydroxylation sites is 1. The zero-order valence-corrected chi connectivity index (χ0v) is 12.5. The summed E-state index contributed by atoms with van der Waals surface area (Å²) in [6, 6.07) is 17.1. The summed E-state index contributed by atoms with van der Waals surface area (Å²) in [5.74, 6) is -0.470. The van der Waals surface area contributed by atoms with E-state index in [0.29, 0.717) is 11.3 Å². The zero-order valence-electron chi connectivity index (χ0n) is 10.4. The van der Waals surface area contributed by atoms with Crippen molar-refractivity contribution in [2.24, 2.45) is 0 Å². The van der Waals surface area contributed by atoms with E-state index in [-0.39, 0.29) is 0 Å². The van der Waals surface area contributed by atoms with Crippen molar-refractivity contribution < 1.29 is 9.59 Å². The predicted octanol–water partition coefficient (Wildman–Crippen LogP) is 3.98. The minimum atomic E-state index is -0.482. The number of hydrogen-bond acceptors (Lipinski definition) is 2. The normalized spacial score (nSPS) is 10.7. The van der Waals surface area contributed by atoms with Crippen LogP contribution in [0.5, 0.6) is 0 Å². The monoisotopic (exact) mass is 375 g/mol. The number of hydrogen-bond donors (Lipinski definition) is 1. The molecule has 0 saturated carbocycles. The van der Waals surface area contributed by atoms with E-state index in [4.69, 9.17) is 0 Å². The summed E-state index contributed by atoms with van der Waals surface area (Å²) >= 11 is 1.54. The molecule has 1 N–H and O–H groups in total. The van der Waals surface area contributed by atoms with Gasteiger partial charge in [-0.05, 0) is 11.6 Å². The van der Waals surface area contributed by atoms with Gasteiger partial charge in [-0.15, -0.1) is 0 Å². The van der Waals surface area contributed by atoms with Gasteiger partial charge in [-0.25, -0.2) is 0 Å². The van der Waals surface area contributed by atoms with Crippen molar-refractivity contribution in [3.8, 4) is 11.3 Å². The van der Waals surface area contributed by atoms with Crippen LogP contribution < -0.4 is 0 Å². The van der Waals surface area contributed by atoms with E-state index in [2.05, 4.69) is 4.98 Å². The third kappa shape index (κ3) is 2.16. The molecule has 3 nitrogen and oxygen atoms in total. The third-order valence-corrected chi connectivity index (χ3v) is 3.66. The lowest BCUT2D eigenvalue weighted by Gasteiger charge is -2.01. The molecule has 0 aliphatic rings. The van der Waals surface area contributed by atoms with Crippen LogP contribution in [0.3, 0.4) is 0 Å². The molecule has 2 aromatic carbocycles. The maximum absolute atomic E-state index is 12.2. The number of benzene rings is 2. The highest BCUT2D eigenvalue weighted by Crippen LogP contribution is 2.31. The summed E-state index contributed by atoms with van der Waals surface area (Å²) in [5.41, 5.74) is 2.89. The highest BCUT2D eigenvalue weighted by molar-refractivity contribution is 14.1. The smallest absolute Gasteiger partial charge is 0.262 e. The van der Waals surface area contributed by atoms with Crippen LogP contribution in [0, 0.1) is 0 Å². The lowest BCUT2D eigenvalue weighted by molar-refractivity contribution is -0.106. The van der Waals surface area contributed by atoms with Gasteiger partial charge < -0.3 is 4.98 Å². The molecule has 0 radical (unpaired) electrons. The first kappa shape index (κ1) is 13.1. The summed E-state index contributed by atoms with van der Waals surface area (Å²) in [5, 5.41) is 0.779. The molecule has 0 saturated heterocycles. The molecule has 3 rings (SSSR count). The largest absolute Gasteiger partial charge is 0.354 e. The highest BCUT2D eigenvalue weighted by atomic mass is 127. The summed E-state index contributed by atoms with van der Waals surface area (Å²) in [7, 11) is 0. The first-order valence-electron chi connectivity index (χ1n) is 6.09. The van der Waals surface area contributed by atoms with Crippen molar-refractivity contribution in [1.82, 2.24) is 4.98 Å². The number of aromatic nitrogens is 1. The third-order valence-electron chi connectivity index (χ3n) is 3.17. The fourth-order valence-corrected chi connectivity index (χ4v) is 2.57. The number of ketones is 1. The quantitative estimate of drug-likeness (QED) is 0.326. The second-order valence-corrected chi connectivity index (χ2v) is 5.37. The number of H-pyrrole nitrogens is 1. The second kappa shape index (κ2) is 5.20. The van der Waals surface area contributed by atoms with Gasteiger partial charge in [0, 0.05) is 33.5 Å². The molecule has 0 amide bonds. The van der Waals surface area contributed by atoms with E-state index in [9.17, 15) is 9.59 Å². The molecule has 0 aliphatic heterocycles. The minimum absolute atomic E-state index is 0.450. The maximum Gasteiger partial charge on any atom is 0.262 e. The van der Waals surface area contributed by atoms with Gasteiger partial charge in [-0.1, -0.05) is 48.5 Å². The zero-order chi connectivity index (χ0) is 14.1. The lowest BCUT2D eigenvalue weighted by Crippen LogP contribution is -2.07. The van der Waals surface area contributed by atoms with Crippen LogP contribution in [-0.4, -0.2) is 14.6 Å². The van der Waals surface area contributed by atoms with Crippen molar-refractivity contribution in [2.75, 3.05) is 0 Å². The minimum Gasteiger partial charge on any atom is -0.354 e. The Balaban J connectivity index is 2.34. The van der Waals surface area contributed by atoms with Crippen LogP contribution in [0.2, 0.25) is 0 Å². The molecule has 20 heavy (non-hydrogen) atoms. The highest BCUT2D eigenvalue weighted by Gasteiger charge is 2.22. The van der Waals surface area contributed by atoms with E-state index in [1.54, 1.807) is 0 Å². The standard InChI is InChI=1S/C16H10INO2/c17-16(20)15(19)13-11-8-4-5-9-12(11)18-14(13)10-6-2-1-3-7-10/h1-9,18H. The van der Waals surface area contributed by atoms with Gasteiger partial charge in [0.2, 0.25) is 5.78 Å². The van der Waals surface area contributed by atoms with E-state index in [1.165, 1.54) is 22.6 Å². The van der Waals surface area contributed by atoms with Crippen molar-refractivity contribution in [3.05, 3.63) is 60.2 Å². The first-order chi connectivity index (χ1) is 9.68. The van der Waals surface area contributed by atoms with Crippen LogP contribution in [0.4, 0.5) is 0 Å². The van der Waals surface area contributed by atoms with Gasteiger partial charge in [0.25, 0.3) is 3.79 Å². The molecule has 0 unspecified atom stereocenters. The van der Waals surface area contributed by atoms with Crippen LogP contribution in [-0.2, 0) is 4.79 Å². The van der Waals surface area contributed by atoms with Gasteiger partial charge >= 0.3 is 0 Å². The van der Waals surface area contributed by atoms with Crippen molar-refractivity contribution in [3.63, 3.8) is 0 Å². The Morgan fingerprint density at radius 3 is 2.25 bits per heavy atom. The number of rotatable bonds is 3. The van der Waals surface area contributed by atoms with Crippen LogP contribution >= 0.6 is 22.6 Å². The Morgan fingerprint density at radius 1 is 0.900 bits per heavy atom. The van der Waals surface area contributed by atoms with Crippen LogP contribution in [0.25, 0.3) is 22.2 Å². The SMILES string of the molecule is O=C(I)C(=O)c1c(-c2ccccc2)[nH]c2ccccc12. The van der Waals surface area contributed by atoms with Gasteiger partial charge in [-0.3, -0.25) is 9.59 Å². The number of nitrogens with one attached hydrogen (secondary N) is 1. The summed E-state index contributed by atoms with van der Waals surface area (Å²) < 4.78 is -0.482. The number of aromatic amines is 1. The van der Waals surface area contributed by atoms with Crippen molar-refractivity contribution in [2.45, 2.75) is 0 Å². The Morgan fingerprint density at radius 2 is 1.55 bits per heavy atom. The van der Waals surface area contributed by atoms with Crippen LogP contribution in [0.1, 0.15) is 10.4 Å². The Bertz CT molecular complexity index is 806. The summed E-state index contributed by atoms with van der Waals surface area (Å²) in [4.78, 5) is 27.0. The van der Waals surface area contributed by atoms with Gasteiger partial charge in [-0.2, -0.15) is 0 Å². The van der Waals surface area contributed by atoms with E-state index in [0.717, 1.165) is 16.5 Å². The van der Waals surface area contributed by atoms with Crippen molar-refractivity contribution >= 4 is 43.1 Å². The average molecular weight is 375 g/mol. The molecule has 0 aliphatic carbocycles. The number of fused-ring (bicyclic) bond motifs is 1. The fraction of sp³-hybridized carbons (Fsp3) is 0. The molecular weight excluding hydrogens is 365 g/mol. The van der Waals surface area contributed by atoms with Crippen molar-refractivity contribution in [1.29, 1.82) is 0 Å². The van der Waals surface area contributed by atoms with Crippen LogP contribution in [0.15, 0.2) is 54.6 Å². The van der Waals surface area contributed by atoms with E-state index < -0.39 is 9.57 Å². The topological polar surface area (TPSA) is 49.9 Å². The van der Waals surface area contributed by atoms with Gasteiger partial charge in [0.1, 0.15) is 0 Å². The average Bonchev–Trinajstić information content (AvgIpc) is 2.86. The molecule has 0 atom stereocenters. The molecule has 4 heteroatoms. The fourth-order valence-electron chi connectivity index (χ4n) is 2.30. The molecule has 1 aromatic heterocycles. The second-order valence-electron chi connectivity index (χ2n) is 4.39. The molecule has 0 bridgehead atoms. The van der Waals surface area contributed by atoms with Gasteiger partial charge in [0.15, 0.2) is 0 Å². The number of Topliss-reactive ketones (excluding diaryl/α,β-unsaturated/α-hetero) is 1. The molecular formula is C16H10INO2. The predicted molar refractivity (Wildman–Crippen MR) is 87.1 cm³/mol. The van der Waals surface area contributed by atoms with E-state index in [1.807, 2.05) is 54.6 Å². The number of carbonyl (C=O) groups is 2. The molecule has 1 heterocycles. The Kier molecular flexibility index (Phi) is 3.40. The van der Waals surface area contributed by atoms with E-state index >= 15 is 0 Å².